The molecule has 0 fully saturated rings. The maximum absolute atomic E-state index is 13.4. The molecule has 2 aromatic carbocycles. The number of amides is 2. The van der Waals surface area contributed by atoms with Crippen LogP contribution in [-0.2, 0) is 24.8 Å². The fraction of sp³-hybridized carbons (Fsp3) is 0.429. The molecule has 1 unspecified atom stereocenters. The van der Waals surface area contributed by atoms with Crippen molar-refractivity contribution in [2.24, 2.45) is 12.0 Å². The van der Waals surface area contributed by atoms with Crippen molar-refractivity contribution >= 4 is 40.5 Å². The van der Waals surface area contributed by atoms with Gasteiger partial charge in [-0.15, -0.1) is 0 Å². The number of aromatic nitrogens is 2. The highest BCUT2D eigenvalue weighted by Crippen LogP contribution is 2.37. The lowest BCUT2D eigenvalue weighted by Crippen LogP contribution is -2.36. The number of anilines is 2. The van der Waals surface area contributed by atoms with Gasteiger partial charge in [-0.25, -0.2) is 4.98 Å². The number of likely N-dealkylation sites (N-methyl/N-ethyl adjacent to an activating group) is 1. The number of hydrogen-bond acceptors (Lipinski definition) is 7. The molecule has 2 aliphatic heterocycles. The van der Waals surface area contributed by atoms with E-state index < -0.39 is 6.10 Å². The van der Waals surface area contributed by atoms with E-state index >= 15 is 0 Å². The largest absolute Gasteiger partial charge is 0.392 e. The van der Waals surface area contributed by atoms with Crippen LogP contribution in [-0.4, -0.2) is 80.8 Å². The van der Waals surface area contributed by atoms with Gasteiger partial charge >= 0.3 is 0 Å². The highest BCUT2D eigenvalue weighted by molar-refractivity contribution is 6.42. The number of halogens is 1. The Morgan fingerprint density at radius 1 is 1.02 bits per heavy atom. The summed E-state index contributed by atoms with van der Waals surface area (Å²) >= 11 is 6.92. The number of fused-ring (bicyclic) bond motifs is 1. The maximum atomic E-state index is 13.4. The van der Waals surface area contributed by atoms with Gasteiger partial charge in [-0.1, -0.05) is 42.8 Å². The molecule has 0 bridgehead atoms. The van der Waals surface area contributed by atoms with E-state index in [4.69, 9.17) is 11.6 Å². The van der Waals surface area contributed by atoms with Gasteiger partial charge in [0.2, 0.25) is 0 Å². The third kappa shape index (κ3) is 7.25. The molecule has 46 heavy (non-hydrogen) atoms. The van der Waals surface area contributed by atoms with Crippen molar-refractivity contribution < 1.29 is 14.7 Å². The molecule has 244 valence electrons. The summed E-state index contributed by atoms with van der Waals surface area (Å²) in [7, 11) is 1.88. The van der Waals surface area contributed by atoms with Gasteiger partial charge in [0, 0.05) is 63.1 Å². The predicted molar refractivity (Wildman–Crippen MR) is 185 cm³/mol. The first-order valence-electron chi connectivity index (χ1n) is 15.9. The second-order valence-electron chi connectivity index (χ2n) is 12.3. The van der Waals surface area contributed by atoms with E-state index in [0.29, 0.717) is 41.0 Å². The number of aliphatic imine (C=N–C) groups is 1. The lowest BCUT2D eigenvalue weighted by Gasteiger charge is -2.29. The van der Waals surface area contributed by atoms with Crippen LogP contribution in [0.1, 0.15) is 61.7 Å². The fourth-order valence-electron chi connectivity index (χ4n) is 6.16. The first-order valence-corrected chi connectivity index (χ1v) is 16.3. The van der Waals surface area contributed by atoms with E-state index in [1.807, 2.05) is 55.8 Å². The lowest BCUT2D eigenvalue weighted by atomic mass is 9.98. The Labute approximate surface area is 276 Å². The third-order valence-electron chi connectivity index (χ3n) is 8.93. The number of aliphatic hydroxyl groups excluding tert-OH is 1. The van der Waals surface area contributed by atoms with Gasteiger partial charge in [-0.3, -0.25) is 24.4 Å². The quantitative estimate of drug-likeness (QED) is 0.267. The zero-order valence-electron chi connectivity index (χ0n) is 27.6. The summed E-state index contributed by atoms with van der Waals surface area (Å²) in [6.45, 7) is 14.2. The van der Waals surface area contributed by atoms with E-state index in [-0.39, 0.29) is 11.8 Å². The second-order valence-corrected chi connectivity index (χ2v) is 12.7. The second kappa shape index (κ2) is 14.3. The normalized spacial score (nSPS) is 16.7. The first-order chi connectivity index (χ1) is 22.0. The minimum atomic E-state index is -0.424. The SMILES string of the molecule is CCN1CCc2c(nc(C(=O)Nc3cccc(-c4cccc(NC(=O)C(C)=NC5=C(C)CCN(CC(C)O)C5)c4C)c3Cl)n2C)C1. The summed E-state index contributed by atoms with van der Waals surface area (Å²) in [6.07, 6.45) is 1.28. The Morgan fingerprint density at radius 2 is 1.72 bits per heavy atom. The fourth-order valence-corrected chi connectivity index (χ4v) is 6.43. The Hall–Kier alpha value is -3.83. The summed E-state index contributed by atoms with van der Waals surface area (Å²) in [5.41, 5.74) is 7.95. The van der Waals surface area contributed by atoms with E-state index in [1.54, 1.807) is 19.9 Å². The molecule has 3 heterocycles. The molecule has 2 amide bonds. The molecule has 3 aromatic rings. The summed E-state index contributed by atoms with van der Waals surface area (Å²) < 4.78 is 1.88. The molecule has 11 heteroatoms. The summed E-state index contributed by atoms with van der Waals surface area (Å²) in [4.78, 5) is 40.5. The molecule has 0 radical (unpaired) electrons. The Kier molecular flexibility index (Phi) is 10.4. The number of benzene rings is 2. The molecular weight excluding hydrogens is 602 g/mol. The number of nitrogens with zero attached hydrogens (tertiary/aromatic N) is 5. The molecule has 1 atom stereocenters. The van der Waals surface area contributed by atoms with Gasteiger partial charge < -0.3 is 20.3 Å². The van der Waals surface area contributed by atoms with Crippen LogP contribution >= 0.6 is 11.6 Å². The average molecular weight is 646 g/mol. The van der Waals surface area contributed by atoms with Crippen LogP contribution in [0.2, 0.25) is 5.02 Å². The van der Waals surface area contributed by atoms with Gasteiger partial charge in [0.15, 0.2) is 5.82 Å². The van der Waals surface area contributed by atoms with E-state index in [2.05, 4.69) is 37.3 Å². The van der Waals surface area contributed by atoms with Gasteiger partial charge in [0.25, 0.3) is 11.8 Å². The topological polar surface area (TPSA) is 115 Å². The summed E-state index contributed by atoms with van der Waals surface area (Å²) in [6, 6.07) is 11.2. The van der Waals surface area contributed by atoms with Gasteiger partial charge in [0.05, 0.1) is 28.2 Å². The minimum Gasteiger partial charge on any atom is -0.392 e. The number of rotatable bonds is 9. The van der Waals surface area contributed by atoms with Gasteiger partial charge in [0.1, 0.15) is 5.71 Å². The number of carbonyl (C=O) groups is 2. The number of imidazole rings is 1. The lowest BCUT2D eigenvalue weighted by molar-refractivity contribution is -0.110. The average Bonchev–Trinajstić information content (AvgIpc) is 3.36. The predicted octanol–water partition coefficient (Wildman–Crippen LogP) is 5.44. The Balaban J connectivity index is 1.33. The smallest absolute Gasteiger partial charge is 0.291 e. The zero-order valence-corrected chi connectivity index (χ0v) is 28.3. The number of hydrogen-bond donors (Lipinski definition) is 3. The molecule has 2 aliphatic rings. The number of β-amino-alcohol motifs (C(OH)–C–C–N with tert-alkyl or cyclic N) is 1. The molecule has 10 nitrogen and oxygen atoms in total. The van der Waals surface area contributed by atoms with Crippen molar-refractivity contribution in [2.75, 3.05) is 43.4 Å². The van der Waals surface area contributed by atoms with Crippen molar-refractivity contribution in [1.29, 1.82) is 0 Å². The Morgan fingerprint density at radius 3 is 2.43 bits per heavy atom. The van der Waals surface area contributed by atoms with Crippen LogP contribution in [0.5, 0.6) is 0 Å². The summed E-state index contributed by atoms with van der Waals surface area (Å²) in [5.74, 6) is -0.249. The highest BCUT2D eigenvalue weighted by atomic mass is 35.5. The number of carbonyl (C=O) groups excluding carboxylic acids is 2. The van der Waals surface area contributed by atoms with E-state index in [9.17, 15) is 14.7 Å². The first kappa shape index (κ1) is 33.5. The van der Waals surface area contributed by atoms with E-state index in [0.717, 1.165) is 78.4 Å². The Bertz CT molecular complexity index is 1710. The third-order valence-corrected chi connectivity index (χ3v) is 9.33. The van der Waals surface area contributed by atoms with Gasteiger partial charge in [-0.2, -0.15) is 0 Å². The molecule has 5 rings (SSSR count). The van der Waals surface area contributed by atoms with Crippen LogP contribution in [0, 0.1) is 6.92 Å². The zero-order chi connectivity index (χ0) is 33.1. The molecule has 1 aromatic heterocycles. The van der Waals surface area contributed by atoms with E-state index in [1.165, 1.54) is 0 Å². The van der Waals surface area contributed by atoms with Crippen LogP contribution in [0.25, 0.3) is 11.1 Å². The van der Waals surface area contributed by atoms with Crippen LogP contribution < -0.4 is 10.6 Å². The monoisotopic (exact) mass is 645 g/mol. The van der Waals surface area contributed by atoms with Crippen molar-refractivity contribution in [1.82, 2.24) is 19.4 Å². The maximum Gasteiger partial charge on any atom is 0.291 e. The summed E-state index contributed by atoms with van der Waals surface area (Å²) in [5, 5.41) is 16.2. The number of aliphatic hydroxyl groups is 1. The molecule has 3 N–H and O–H groups in total. The standard InChI is InChI=1S/C35H44ClN7O3/c1-7-42-17-15-31-30(20-42)38-33(41(31)6)35(46)40-28-13-9-11-26(32(28)36)25-10-8-12-27(23(25)4)39-34(45)24(5)37-29-19-43(18-22(3)44)16-14-21(29)2/h8-13,22,44H,7,14-20H2,1-6H3,(H,39,45)(H,40,46). The van der Waals surface area contributed by atoms with Crippen LogP contribution in [0.15, 0.2) is 52.7 Å². The molecular formula is C35H44ClN7O3. The van der Waals surface area contributed by atoms with Crippen molar-refractivity contribution in [3.63, 3.8) is 0 Å². The van der Waals surface area contributed by atoms with Crippen molar-refractivity contribution in [3.05, 3.63) is 75.5 Å². The molecule has 0 spiro atoms. The van der Waals surface area contributed by atoms with Crippen LogP contribution in [0.4, 0.5) is 11.4 Å². The minimum absolute atomic E-state index is 0.292. The molecule has 0 saturated carbocycles. The molecule has 0 saturated heterocycles. The van der Waals surface area contributed by atoms with Crippen LogP contribution in [0.3, 0.4) is 0 Å². The highest BCUT2D eigenvalue weighted by Gasteiger charge is 2.26. The van der Waals surface area contributed by atoms with Crippen molar-refractivity contribution in [2.45, 2.75) is 60.1 Å². The van der Waals surface area contributed by atoms with Gasteiger partial charge in [-0.05, 0) is 69.5 Å². The molecule has 0 aliphatic carbocycles. The number of nitrogens with one attached hydrogen (secondary N) is 2. The van der Waals surface area contributed by atoms with Crippen molar-refractivity contribution in [3.8, 4) is 11.1 Å².